The van der Waals surface area contributed by atoms with Gasteiger partial charge in [-0.2, -0.15) is 0 Å². The Balaban J connectivity index is 1.61. The van der Waals surface area contributed by atoms with Gasteiger partial charge in [-0.25, -0.2) is 0 Å². The van der Waals surface area contributed by atoms with Gasteiger partial charge in [-0.1, -0.05) is 67.8 Å². The summed E-state index contributed by atoms with van der Waals surface area (Å²) in [6.45, 7) is 0. The third kappa shape index (κ3) is 5.28. The Kier molecular flexibility index (Phi) is 7.19. The van der Waals surface area contributed by atoms with Crippen molar-refractivity contribution < 1.29 is 9.59 Å². The van der Waals surface area contributed by atoms with Gasteiger partial charge in [-0.15, -0.1) is 11.3 Å². The third-order valence-corrected chi connectivity index (χ3v) is 7.50. The highest BCUT2D eigenvalue weighted by Gasteiger charge is 2.35. The van der Waals surface area contributed by atoms with Crippen molar-refractivity contribution in [2.75, 3.05) is 4.90 Å². The zero-order valence-corrected chi connectivity index (χ0v) is 20.4. The van der Waals surface area contributed by atoms with Crippen LogP contribution in [0.3, 0.4) is 0 Å². The summed E-state index contributed by atoms with van der Waals surface area (Å²) in [6, 6.07) is 22.6. The van der Waals surface area contributed by atoms with Crippen LogP contribution >= 0.6 is 11.3 Å². The molecule has 1 aliphatic carbocycles. The molecule has 5 rings (SSSR count). The first-order valence-corrected chi connectivity index (χ1v) is 13.1. The lowest BCUT2D eigenvalue weighted by Gasteiger charge is -2.33. The zero-order chi connectivity index (χ0) is 24.0. The van der Waals surface area contributed by atoms with E-state index in [9.17, 15) is 9.59 Å². The molecular weight excluding hydrogens is 454 g/mol. The molecule has 5 nitrogen and oxygen atoms in total. The molecule has 4 aromatic rings. The van der Waals surface area contributed by atoms with Crippen LogP contribution in [0.25, 0.3) is 10.8 Å². The molecule has 6 heteroatoms. The number of rotatable bonds is 7. The Morgan fingerprint density at radius 2 is 1.74 bits per heavy atom. The number of carbonyl (C=O) groups excluding carboxylic acids is 2. The second kappa shape index (κ2) is 10.8. The van der Waals surface area contributed by atoms with Crippen molar-refractivity contribution in [3.63, 3.8) is 0 Å². The number of benzene rings is 2. The number of thiophene rings is 1. The molecule has 2 aromatic heterocycles. The number of nitrogens with one attached hydrogen (secondary N) is 1. The molecule has 2 aromatic carbocycles. The topological polar surface area (TPSA) is 62.3 Å². The van der Waals surface area contributed by atoms with Crippen molar-refractivity contribution in [1.82, 2.24) is 10.3 Å². The van der Waals surface area contributed by atoms with Crippen LogP contribution in [0.4, 0.5) is 5.69 Å². The molecule has 35 heavy (non-hydrogen) atoms. The van der Waals surface area contributed by atoms with E-state index in [1.165, 1.54) is 6.42 Å². The van der Waals surface area contributed by atoms with E-state index in [0.29, 0.717) is 5.69 Å². The molecule has 0 aliphatic heterocycles. The summed E-state index contributed by atoms with van der Waals surface area (Å²) >= 11 is 1.55. The molecule has 0 radical (unpaired) electrons. The van der Waals surface area contributed by atoms with Crippen molar-refractivity contribution in [1.29, 1.82) is 0 Å². The zero-order valence-electron chi connectivity index (χ0n) is 19.6. The molecule has 1 saturated carbocycles. The monoisotopic (exact) mass is 483 g/mol. The number of fused-ring (bicyclic) bond motifs is 1. The third-order valence-electron chi connectivity index (χ3n) is 6.63. The van der Waals surface area contributed by atoms with Crippen LogP contribution in [0.1, 0.15) is 48.7 Å². The summed E-state index contributed by atoms with van der Waals surface area (Å²) < 4.78 is 0. The average Bonchev–Trinajstić information content (AvgIpc) is 3.41. The number of pyridine rings is 1. The van der Waals surface area contributed by atoms with Gasteiger partial charge in [0.2, 0.25) is 11.8 Å². The predicted octanol–water partition coefficient (Wildman–Crippen LogP) is 6.06. The van der Waals surface area contributed by atoms with E-state index < -0.39 is 6.04 Å². The first-order chi connectivity index (χ1) is 17.2. The van der Waals surface area contributed by atoms with Gasteiger partial charge in [0.15, 0.2) is 6.04 Å². The summed E-state index contributed by atoms with van der Waals surface area (Å²) in [5.74, 6) is -0.304. The van der Waals surface area contributed by atoms with E-state index in [0.717, 1.165) is 47.0 Å². The van der Waals surface area contributed by atoms with Crippen LogP contribution in [0.2, 0.25) is 0 Å². The average molecular weight is 484 g/mol. The van der Waals surface area contributed by atoms with Crippen molar-refractivity contribution in [3.05, 3.63) is 94.9 Å². The Hall–Kier alpha value is -3.51. The van der Waals surface area contributed by atoms with Crippen LogP contribution in [0.5, 0.6) is 0 Å². The SMILES string of the molecule is O=C(NC1CCCCC1)C(c1ccccn1)N(C(=O)Cc1cccs1)c1cccc2ccccc12. The Labute approximate surface area is 209 Å². The molecule has 1 N–H and O–H groups in total. The largest absolute Gasteiger partial charge is 0.351 e. The predicted molar refractivity (Wildman–Crippen MR) is 141 cm³/mol. The van der Waals surface area contributed by atoms with Gasteiger partial charge in [-0.05, 0) is 47.9 Å². The highest BCUT2D eigenvalue weighted by atomic mass is 32.1. The maximum Gasteiger partial charge on any atom is 0.249 e. The molecule has 0 saturated heterocycles. The van der Waals surface area contributed by atoms with Crippen LogP contribution in [0, 0.1) is 0 Å². The lowest BCUT2D eigenvalue weighted by atomic mass is 9.95. The molecule has 0 bridgehead atoms. The van der Waals surface area contributed by atoms with Gasteiger partial charge < -0.3 is 5.32 Å². The van der Waals surface area contributed by atoms with Gasteiger partial charge in [0.05, 0.1) is 17.8 Å². The molecule has 1 aliphatic rings. The standard InChI is InChI=1S/C29H29N3O2S/c33-27(20-23-14-9-19-35-23)32(26-17-8-11-21-10-4-5-15-24(21)26)28(25-16-6-7-18-30-25)29(34)31-22-12-2-1-3-13-22/h4-11,14-19,22,28H,1-3,12-13,20H2,(H,31,34). The number of amides is 2. The second-order valence-corrected chi connectivity index (χ2v) is 10.1. The minimum atomic E-state index is -0.864. The molecule has 0 spiro atoms. The fourth-order valence-corrected chi connectivity index (χ4v) is 5.63. The Morgan fingerprint density at radius 1 is 0.943 bits per heavy atom. The Bertz CT molecular complexity index is 1280. The summed E-state index contributed by atoms with van der Waals surface area (Å²) in [7, 11) is 0. The lowest BCUT2D eigenvalue weighted by Crippen LogP contribution is -2.48. The molecule has 1 atom stereocenters. The maximum atomic E-state index is 14.0. The minimum absolute atomic E-state index is 0.127. The molecule has 1 fully saturated rings. The fraction of sp³-hybridized carbons (Fsp3) is 0.276. The number of nitrogens with zero attached hydrogens (tertiary/aromatic N) is 2. The molecule has 2 amide bonds. The second-order valence-electron chi connectivity index (χ2n) is 9.02. The van der Waals surface area contributed by atoms with Gasteiger partial charge in [-0.3, -0.25) is 19.5 Å². The maximum absolute atomic E-state index is 14.0. The first kappa shape index (κ1) is 23.2. The quantitative estimate of drug-likeness (QED) is 0.347. The molecule has 1 unspecified atom stereocenters. The minimum Gasteiger partial charge on any atom is -0.351 e. The van der Waals surface area contributed by atoms with Crippen LogP contribution in [-0.2, 0) is 16.0 Å². The van der Waals surface area contributed by atoms with Gasteiger partial charge in [0, 0.05) is 22.5 Å². The van der Waals surface area contributed by atoms with Crippen LogP contribution in [0.15, 0.2) is 84.4 Å². The van der Waals surface area contributed by atoms with E-state index in [1.807, 2.05) is 78.2 Å². The van der Waals surface area contributed by atoms with E-state index in [1.54, 1.807) is 22.4 Å². The molecule has 178 valence electrons. The number of hydrogen-bond acceptors (Lipinski definition) is 4. The van der Waals surface area contributed by atoms with Crippen molar-refractivity contribution >= 4 is 39.6 Å². The Morgan fingerprint density at radius 3 is 2.51 bits per heavy atom. The number of carbonyl (C=O) groups is 2. The summed E-state index contributed by atoms with van der Waals surface area (Å²) in [5, 5.41) is 7.18. The van der Waals surface area contributed by atoms with Gasteiger partial charge >= 0.3 is 0 Å². The van der Waals surface area contributed by atoms with Crippen LogP contribution < -0.4 is 10.2 Å². The van der Waals surface area contributed by atoms with E-state index in [2.05, 4.69) is 10.3 Å². The normalized spacial score (nSPS) is 15.0. The summed E-state index contributed by atoms with van der Waals surface area (Å²) in [4.78, 5) is 35.1. The van der Waals surface area contributed by atoms with Crippen LogP contribution in [-0.4, -0.2) is 22.8 Å². The van der Waals surface area contributed by atoms with E-state index in [-0.39, 0.29) is 24.3 Å². The first-order valence-electron chi connectivity index (χ1n) is 12.2. The number of hydrogen-bond donors (Lipinski definition) is 1. The number of aromatic nitrogens is 1. The van der Waals surface area contributed by atoms with Crippen molar-refractivity contribution in [2.45, 2.75) is 50.6 Å². The molecular formula is C29H29N3O2S. The van der Waals surface area contributed by atoms with Crippen molar-refractivity contribution in [2.24, 2.45) is 0 Å². The fourth-order valence-electron chi connectivity index (χ4n) is 4.93. The highest BCUT2D eigenvalue weighted by Crippen LogP contribution is 2.34. The van der Waals surface area contributed by atoms with Gasteiger partial charge in [0.1, 0.15) is 0 Å². The number of anilines is 1. The van der Waals surface area contributed by atoms with E-state index in [4.69, 9.17) is 0 Å². The molecule has 2 heterocycles. The van der Waals surface area contributed by atoms with Gasteiger partial charge in [0.25, 0.3) is 0 Å². The van der Waals surface area contributed by atoms with E-state index >= 15 is 0 Å². The highest BCUT2D eigenvalue weighted by molar-refractivity contribution is 7.10. The summed E-state index contributed by atoms with van der Waals surface area (Å²) in [5.41, 5.74) is 1.28. The lowest BCUT2D eigenvalue weighted by molar-refractivity contribution is -0.127. The smallest absolute Gasteiger partial charge is 0.249 e. The van der Waals surface area contributed by atoms with Crippen molar-refractivity contribution in [3.8, 4) is 0 Å². The summed E-state index contributed by atoms with van der Waals surface area (Å²) in [6.07, 6.45) is 7.28.